The highest BCUT2D eigenvalue weighted by Gasteiger charge is 2.07. The second kappa shape index (κ2) is 14.0. The number of pyridine rings is 1. The average molecular weight is 514 g/mol. The third-order valence-corrected chi connectivity index (χ3v) is 4.01. The van der Waals surface area contributed by atoms with Crippen molar-refractivity contribution in [2.45, 2.75) is 26.9 Å². The minimum Gasteiger partial charge on any atom is -0.491 e. The summed E-state index contributed by atoms with van der Waals surface area (Å²) in [4.78, 5) is 8.85. The van der Waals surface area contributed by atoms with Crippen LogP contribution in [-0.2, 0) is 17.8 Å². The summed E-state index contributed by atoms with van der Waals surface area (Å²) in [6, 6.07) is 10.0. The van der Waals surface area contributed by atoms with Crippen LogP contribution < -0.4 is 20.1 Å². The van der Waals surface area contributed by atoms with E-state index in [1.807, 2.05) is 32.0 Å². The Kier molecular flexibility index (Phi) is 12.1. The fourth-order valence-corrected chi connectivity index (χ4v) is 2.59. The summed E-state index contributed by atoms with van der Waals surface area (Å²) < 4.78 is 16.2. The van der Waals surface area contributed by atoms with E-state index in [2.05, 4.69) is 32.7 Å². The lowest BCUT2D eigenvalue weighted by molar-refractivity contribution is 0.145. The fourth-order valence-electron chi connectivity index (χ4n) is 2.59. The molecule has 0 unspecified atom stereocenters. The molecule has 0 bridgehead atoms. The molecule has 0 aliphatic heterocycles. The molecule has 1 heterocycles. The van der Waals surface area contributed by atoms with Gasteiger partial charge in [0.25, 0.3) is 0 Å². The van der Waals surface area contributed by atoms with E-state index in [4.69, 9.17) is 14.2 Å². The van der Waals surface area contributed by atoms with Crippen molar-refractivity contribution in [1.82, 2.24) is 15.6 Å². The number of hydrogen-bond donors (Lipinski definition) is 2. The minimum absolute atomic E-state index is 0. The Bertz CT molecular complexity index is 771. The molecular formula is C21H31IN4O3. The zero-order valence-corrected chi connectivity index (χ0v) is 19.9. The van der Waals surface area contributed by atoms with E-state index in [1.54, 1.807) is 20.4 Å². The van der Waals surface area contributed by atoms with Gasteiger partial charge in [0.15, 0.2) is 5.96 Å². The smallest absolute Gasteiger partial charge is 0.218 e. The third kappa shape index (κ3) is 8.45. The van der Waals surface area contributed by atoms with Crippen LogP contribution in [0.3, 0.4) is 0 Å². The van der Waals surface area contributed by atoms with Gasteiger partial charge in [-0.2, -0.15) is 0 Å². The zero-order valence-electron chi connectivity index (χ0n) is 17.5. The number of benzene rings is 1. The first-order valence-electron chi connectivity index (χ1n) is 9.39. The number of halogens is 1. The quantitative estimate of drug-likeness (QED) is 0.219. The molecule has 0 saturated heterocycles. The van der Waals surface area contributed by atoms with E-state index in [1.165, 1.54) is 0 Å². The van der Waals surface area contributed by atoms with Gasteiger partial charge in [-0.15, -0.1) is 24.0 Å². The summed E-state index contributed by atoms with van der Waals surface area (Å²) in [7, 11) is 3.28. The highest BCUT2D eigenvalue weighted by atomic mass is 127. The minimum atomic E-state index is 0. The summed E-state index contributed by atoms with van der Waals surface area (Å²) >= 11 is 0. The maximum atomic E-state index is 5.86. The molecule has 160 valence electrons. The number of hydrogen-bond acceptors (Lipinski definition) is 5. The molecule has 0 radical (unpaired) electrons. The number of ether oxygens (including phenoxy) is 3. The Balaban J connectivity index is 0.00000420. The summed E-state index contributed by atoms with van der Waals surface area (Å²) in [5, 5.41) is 6.62. The Morgan fingerprint density at radius 1 is 1.10 bits per heavy atom. The van der Waals surface area contributed by atoms with Gasteiger partial charge in [0.05, 0.1) is 20.3 Å². The maximum absolute atomic E-state index is 5.86. The second-order valence-electron chi connectivity index (χ2n) is 6.17. The van der Waals surface area contributed by atoms with Gasteiger partial charge in [-0.05, 0) is 31.5 Å². The standard InChI is InChI=1S/C21H30N4O3.HI/c1-5-22-21(25-15-18-7-6-10-23-20(18)27-4)24-14-17-9-8-16(2)13-19(17)28-12-11-26-3;/h6-10,13H,5,11-12,14-15H2,1-4H3,(H2,22,24,25);1H. The number of nitrogens with zero attached hydrogens (tertiary/aromatic N) is 2. The van der Waals surface area contributed by atoms with E-state index in [-0.39, 0.29) is 24.0 Å². The van der Waals surface area contributed by atoms with Crippen molar-refractivity contribution in [3.05, 3.63) is 53.2 Å². The predicted molar refractivity (Wildman–Crippen MR) is 126 cm³/mol. The number of methoxy groups -OCH3 is 2. The van der Waals surface area contributed by atoms with Crippen molar-refractivity contribution in [1.29, 1.82) is 0 Å². The number of guanidine groups is 1. The van der Waals surface area contributed by atoms with Crippen LogP contribution in [0.1, 0.15) is 23.6 Å². The van der Waals surface area contributed by atoms with Gasteiger partial charge < -0.3 is 24.8 Å². The van der Waals surface area contributed by atoms with Crippen molar-refractivity contribution in [2.24, 2.45) is 4.99 Å². The lowest BCUT2D eigenvalue weighted by Crippen LogP contribution is -2.36. The molecule has 0 amide bonds. The van der Waals surface area contributed by atoms with Crippen molar-refractivity contribution in [3.63, 3.8) is 0 Å². The number of nitrogens with one attached hydrogen (secondary N) is 2. The topological polar surface area (TPSA) is 77.0 Å². The third-order valence-electron chi connectivity index (χ3n) is 4.01. The lowest BCUT2D eigenvalue weighted by Gasteiger charge is -2.15. The van der Waals surface area contributed by atoms with Crippen LogP contribution in [-0.4, -0.2) is 44.9 Å². The van der Waals surface area contributed by atoms with Crippen molar-refractivity contribution in [3.8, 4) is 11.6 Å². The molecule has 2 aromatic rings. The first-order chi connectivity index (χ1) is 13.7. The zero-order chi connectivity index (χ0) is 20.2. The summed E-state index contributed by atoms with van der Waals surface area (Å²) in [6.45, 7) is 6.98. The lowest BCUT2D eigenvalue weighted by atomic mass is 10.1. The Labute approximate surface area is 190 Å². The summed E-state index contributed by atoms with van der Waals surface area (Å²) in [5.41, 5.74) is 3.15. The highest BCUT2D eigenvalue weighted by Crippen LogP contribution is 2.20. The molecular weight excluding hydrogens is 483 g/mol. The molecule has 0 spiro atoms. The first kappa shape index (κ1) is 25.0. The van der Waals surface area contributed by atoms with E-state index in [9.17, 15) is 0 Å². The van der Waals surface area contributed by atoms with Crippen LogP contribution in [0.2, 0.25) is 0 Å². The number of rotatable bonds is 10. The number of aliphatic imine (C=N–C) groups is 1. The molecule has 29 heavy (non-hydrogen) atoms. The van der Waals surface area contributed by atoms with Crippen LogP contribution >= 0.6 is 24.0 Å². The van der Waals surface area contributed by atoms with Gasteiger partial charge in [0.2, 0.25) is 5.88 Å². The summed E-state index contributed by atoms with van der Waals surface area (Å²) in [6.07, 6.45) is 1.71. The molecule has 1 aromatic carbocycles. The van der Waals surface area contributed by atoms with Crippen LogP contribution in [0.25, 0.3) is 0 Å². The molecule has 0 saturated carbocycles. The SMILES string of the molecule is CCNC(=NCc1cccnc1OC)NCc1ccc(C)cc1OCCOC.I. The molecule has 0 aliphatic carbocycles. The first-order valence-corrected chi connectivity index (χ1v) is 9.39. The molecule has 0 fully saturated rings. The maximum Gasteiger partial charge on any atom is 0.218 e. The molecule has 7 nitrogen and oxygen atoms in total. The van der Waals surface area contributed by atoms with Crippen LogP contribution in [0.5, 0.6) is 11.6 Å². The predicted octanol–water partition coefficient (Wildman–Crippen LogP) is 3.30. The average Bonchev–Trinajstić information content (AvgIpc) is 2.71. The van der Waals surface area contributed by atoms with Crippen LogP contribution in [0, 0.1) is 6.92 Å². The van der Waals surface area contributed by atoms with Gasteiger partial charge in [0.1, 0.15) is 12.4 Å². The van der Waals surface area contributed by atoms with Gasteiger partial charge in [-0.25, -0.2) is 9.98 Å². The molecule has 8 heteroatoms. The van der Waals surface area contributed by atoms with E-state index in [0.717, 1.165) is 34.9 Å². The van der Waals surface area contributed by atoms with Crippen molar-refractivity contribution in [2.75, 3.05) is 34.0 Å². The highest BCUT2D eigenvalue weighted by molar-refractivity contribution is 14.0. The van der Waals surface area contributed by atoms with Crippen LogP contribution in [0.4, 0.5) is 0 Å². The van der Waals surface area contributed by atoms with E-state index in [0.29, 0.717) is 32.2 Å². The van der Waals surface area contributed by atoms with Gasteiger partial charge in [-0.3, -0.25) is 0 Å². The van der Waals surface area contributed by atoms with Crippen molar-refractivity contribution < 1.29 is 14.2 Å². The van der Waals surface area contributed by atoms with Gasteiger partial charge in [0, 0.05) is 37.5 Å². The normalized spacial score (nSPS) is 10.8. The molecule has 0 aliphatic rings. The summed E-state index contributed by atoms with van der Waals surface area (Å²) in [5.74, 6) is 2.17. The van der Waals surface area contributed by atoms with Crippen LogP contribution in [0.15, 0.2) is 41.5 Å². The van der Waals surface area contributed by atoms with E-state index < -0.39 is 0 Å². The van der Waals surface area contributed by atoms with Gasteiger partial charge in [-0.1, -0.05) is 18.2 Å². The largest absolute Gasteiger partial charge is 0.491 e. The fraction of sp³-hybridized carbons (Fsp3) is 0.429. The van der Waals surface area contributed by atoms with E-state index >= 15 is 0 Å². The Morgan fingerprint density at radius 2 is 1.93 bits per heavy atom. The Morgan fingerprint density at radius 3 is 2.66 bits per heavy atom. The number of aromatic nitrogens is 1. The second-order valence-corrected chi connectivity index (χ2v) is 6.17. The molecule has 2 rings (SSSR count). The molecule has 1 aromatic heterocycles. The number of aryl methyl sites for hydroxylation is 1. The molecule has 2 N–H and O–H groups in total. The Hall–Kier alpha value is -2.07. The molecule has 0 atom stereocenters. The van der Waals surface area contributed by atoms with Gasteiger partial charge >= 0.3 is 0 Å². The van der Waals surface area contributed by atoms with Crippen molar-refractivity contribution >= 4 is 29.9 Å². The monoisotopic (exact) mass is 514 g/mol.